The van der Waals surface area contributed by atoms with E-state index in [0.29, 0.717) is 5.56 Å². The molecule has 12 nitrogen and oxygen atoms in total. The summed E-state index contributed by atoms with van der Waals surface area (Å²) >= 11 is 0. The summed E-state index contributed by atoms with van der Waals surface area (Å²) in [4.78, 5) is 59.0. The van der Waals surface area contributed by atoms with Gasteiger partial charge in [0.1, 0.15) is 12.7 Å². The van der Waals surface area contributed by atoms with Gasteiger partial charge in [0.15, 0.2) is 24.4 Å². The molecule has 1 fully saturated rings. The Morgan fingerprint density at radius 3 is 1.85 bits per heavy atom. The van der Waals surface area contributed by atoms with Crippen LogP contribution in [0, 0.1) is 0 Å². The van der Waals surface area contributed by atoms with Crippen molar-refractivity contribution in [2.45, 2.75) is 64.5 Å². The first-order valence-corrected chi connectivity index (χ1v) is 10.3. The number of carbonyl (C=O) groups excluding carboxylic acids is 5. The number of benzene rings is 1. The fourth-order valence-corrected chi connectivity index (χ4v) is 3.37. The number of primary amides is 1. The number of carbonyl (C=O) groups is 5. The van der Waals surface area contributed by atoms with Crippen molar-refractivity contribution in [2.24, 2.45) is 5.73 Å². The minimum atomic E-state index is -1.53. The van der Waals surface area contributed by atoms with E-state index in [1.54, 1.807) is 30.3 Å². The highest BCUT2D eigenvalue weighted by molar-refractivity contribution is 5.80. The molecule has 1 aromatic rings. The van der Waals surface area contributed by atoms with E-state index in [9.17, 15) is 24.0 Å². The Balaban J connectivity index is 2.50. The Morgan fingerprint density at radius 2 is 1.35 bits per heavy atom. The van der Waals surface area contributed by atoms with E-state index in [-0.39, 0.29) is 0 Å². The summed E-state index contributed by atoms with van der Waals surface area (Å²) in [5, 5.41) is 0. The first kappa shape index (κ1) is 26.7. The van der Waals surface area contributed by atoms with E-state index in [1.807, 2.05) is 0 Å². The first-order valence-electron chi connectivity index (χ1n) is 10.3. The molecule has 2 rings (SSSR count). The summed E-state index contributed by atoms with van der Waals surface area (Å²) < 4.78 is 32.5. The smallest absolute Gasteiger partial charge is 0.303 e. The standard InChI is InChI=1S/C22H27NO11/c1-11(24)29-10-16-18(30-12(2)25)19(31-13(3)26)20(32-14(4)27)22(33-16)34-17(21(23)28)15-8-6-5-7-9-15/h5-9,16-20,22H,10H2,1-4H3,(H2,23,28)/t16-,17-,18+,19+,20-,22+/m1/s1. The zero-order chi connectivity index (χ0) is 25.4. The monoisotopic (exact) mass is 481 g/mol. The van der Waals surface area contributed by atoms with Crippen LogP contribution in [0.5, 0.6) is 0 Å². The molecule has 6 atom stereocenters. The van der Waals surface area contributed by atoms with Gasteiger partial charge < -0.3 is 34.2 Å². The topological polar surface area (TPSA) is 167 Å². The molecule has 0 bridgehead atoms. The van der Waals surface area contributed by atoms with Gasteiger partial charge in [-0.1, -0.05) is 30.3 Å². The van der Waals surface area contributed by atoms with Crippen LogP contribution in [0.15, 0.2) is 30.3 Å². The normalized spacial score (nSPS) is 24.9. The van der Waals surface area contributed by atoms with Crippen LogP contribution in [0.1, 0.15) is 39.4 Å². The highest BCUT2D eigenvalue weighted by Crippen LogP contribution is 2.32. The molecular weight excluding hydrogens is 454 g/mol. The van der Waals surface area contributed by atoms with Crippen molar-refractivity contribution in [1.29, 1.82) is 0 Å². The van der Waals surface area contributed by atoms with Gasteiger partial charge in [0.25, 0.3) is 5.91 Å². The first-order chi connectivity index (χ1) is 16.0. The molecule has 0 spiro atoms. The second-order valence-corrected chi connectivity index (χ2v) is 7.40. The maximum atomic E-state index is 12.2. The predicted octanol–water partition coefficient (Wildman–Crippen LogP) is 0.313. The predicted molar refractivity (Wildman–Crippen MR) is 111 cm³/mol. The summed E-state index contributed by atoms with van der Waals surface area (Å²) in [5.74, 6) is -3.89. The van der Waals surface area contributed by atoms with Crippen LogP contribution in [-0.4, -0.2) is 67.1 Å². The quantitative estimate of drug-likeness (QED) is 0.381. The van der Waals surface area contributed by atoms with Crippen molar-refractivity contribution in [3.05, 3.63) is 35.9 Å². The zero-order valence-corrected chi connectivity index (χ0v) is 19.1. The molecule has 1 saturated heterocycles. The highest BCUT2D eigenvalue weighted by Gasteiger charge is 2.53. The molecule has 0 saturated carbocycles. The van der Waals surface area contributed by atoms with Gasteiger partial charge in [-0.3, -0.25) is 24.0 Å². The highest BCUT2D eigenvalue weighted by atomic mass is 16.7. The van der Waals surface area contributed by atoms with Gasteiger partial charge in [0, 0.05) is 27.7 Å². The number of nitrogens with two attached hydrogens (primary N) is 1. The Labute approximate surface area is 195 Å². The van der Waals surface area contributed by atoms with E-state index in [1.165, 1.54) is 0 Å². The van der Waals surface area contributed by atoms with Crippen molar-refractivity contribution in [3.63, 3.8) is 0 Å². The van der Waals surface area contributed by atoms with Gasteiger partial charge in [-0.15, -0.1) is 0 Å². The Bertz CT molecular complexity index is 903. The van der Waals surface area contributed by atoms with Crippen LogP contribution in [0.2, 0.25) is 0 Å². The number of rotatable bonds is 9. The van der Waals surface area contributed by atoms with E-state index in [4.69, 9.17) is 34.2 Å². The third-order valence-corrected chi connectivity index (χ3v) is 4.58. The minimum absolute atomic E-state index is 0.378. The number of amides is 1. The maximum absolute atomic E-state index is 12.2. The van der Waals surface area contributed by atoms with Crippen LogP contribution in [0.3, 0.4) is 0 Å². The molecule has 12 heteroatoms. The summed E-state index contributed by atoms with van der Waals surface area (Å²) in [7, 11) is 0. The maximum Gasteiger partial charge on any atom is 0.303 e. The van der Waals surface area contributed by atoms with Crippen LogP contribution >= 0.6 is 0 Å². The van der Waals surface area contributed by atoms with Crippen LogP contribution < -0.4 is 5.73 Å². The van der Waals surface area contributed by atoms with Gasteiger partial charge >= 0.3 is 23.9 Å². The van der Waals surface area contributed by atoms with Gasteiger partial charge in [-0.05, 0) is 5.56 Å². The summed E-state index contributed by atoms with van der Waals surface area (Å²) in [6.45, 7) is 4.02. The summed E-state index contributed by atoms with van der Waals surface area (Å²) in [5.41, 5.74) is 5.90. The Kier molecular flexibility index (Phi) is 9.51. The lowest BCUT2D eigenvalue weighted by Crippen LogP contribution is -2.63. The third kappa shape index (κ3) is 7.52. The van der Waals surface area contributed by atoms with Crippen LogP contribution in [-0.2, 0) is 52.4 Å². The van der Waals surface area contributed by atoms with E-state index in [0.717, 1.165) is 27.7 Å². The second-order valence-electron chi connectivity index (χ2n) is 7.40. The molecule has 0 unspecified atom stereocenters. The van der Waals surface area contributed by atoms with Gasteiger partial charge in [-0.2, -0.15) is 0 Å². The molecule has 1 amide bonds. The molecule has 1 aliphatic rings. The summed E-state index contributed by atoms with van der Waals surface area (Å²) in [6.07, 6.45) is -8.31. The number of hydrogen-bond acceptors (Lipinski definition) is 11. The fraction of sp³-hybridized carbons (Fsp3) is 0.500. The van der Waals surface area contributed by atoms with E-state index >= 15 is 0 Å². The minimum Gasteiger partial charge on any atom is -0.463 e. The molecule has 186 valence electrons. The molecule has 0 radical (unpaired) electrons. The number of esters is 4. The third-order valence-electron chi connectivity index (χ3n) is 4.58. The van der Waals surface area contributed by atoms with Crippen molar-refractivity contribution in [3.8, 4) is 0 Å². The lowest BCUT2D eigenvalue weighted by Gasteiger charge is -2.44. The lowest BCUT2D eigenvalue weighted by molar-refractivity contribution is -0.315. The van der Waals surface area contributed by atoms with Gasteiger partial charge in [-0.25, -0.2) is 0 Å². The summed E-state index contributed by atoms with van der Waals surface area (Å²) in [6, 6.07) is 8.20. The van der Waals surface area contributed by atoms with Crippen molar-refractivity contribution >= 4 is 29.8 Å². The molecule has 0 aliphatic carbocycles. The number of hydrogen-bond donors (Lipinski definition) is 1. The zero-order valence-electron chi connectivity index (χ0n) is 19.1. The molecule has 0 aromatic heterocycles. The fourth-order valence-electron chi connectivity index (χ4n) is 3.37. The molecule has 34 heavy (non-hydrogen) atoms. The second kappa shape index (κ2) is 12.1. The molecule has 2 N–H and O–H groups in total. The average Bonchev–Trinajstić information content (AvgIpc) is 2.73. The molecule has 1 aliphatic heterocycles. The number of ether oxygens (including phenoxy) is 6. The van der Waals surface area contributed by atoms with Crippen molar-refractivity contribution in [2.75, 3.05) is 6.61 Å². The molecule has 1 heterocycles. The van der Waals surface area contributed by atoms with E-state index < -0.39 is 73.2 Å². The van der Waals surface area contributed by atoms with Crippen LogP contribution in [0.4, 0.5) is 0 Å². The van der Waals surface area contributed by atoms with Gasteiger partial charge in [0.05, 0.1) is 0 Å². The lowest BCUT2D eigenvalue weighted by atomic mass is 9.97. The van der Waals surface area contributed by atoms with Gasteiger partial charge in [0.2, 0.25) is 6.29 Å². The molecular formula is C22H27NO11. The van der Waals surface area contributed by atoms with Crippen LogP contribution in [0.25, 0.3) is 0 Å². The average molecular weight is 481 g/mol. The van der Waals surface area contributed by atoms with E-state index in [2.05, 4.69) is 0 Å². The molecule has 1 aromatic carbocycles. The Morgan fingerprint density at radius 1 is 0.824 bits per heavy atom. The largest absolute Gasteiger partial charge is 0.463 e. The van der Waals surface area contributed by atoms with Crippen molar-refractivity contribution in [1.82, 2.24) is 0 Å². The SMILES string of the molecule is CC(=O)OC[C@H]1O[C@@H](O[C@@H](C(N)=O)c2ccccc2)[C@H](OC(C)=O)[C@@H](OC(C)=O)[C@H]1OC(C)=O. The Hall–Kier alpha value is -3.51. The van der Waals surface area contributed by atoms with Crippen molar-refractivity contribution < 1.29 is 52.4 Å².